The maximum absolute atomic E-state index is 13.8. The Balaban J connectivity index is 1.79. The molecule has 1 spiro atoms. The van der Waals surface area contributed by atoms with E-state index in [1.54, 1.807) is 0 Å². The molecule has 2 aromatic carbocycles. The van der Waals surface area contributed by atoms with E-state index < -0.39 is 0 Å². The van der Waals surface area contributed by atoms with Crippen molar-refractivity contribution in [2.24, 2.45) is 11.3 Å². The van der Waals surface area contributed by atoms with Gasteiger partial charge in [0.05, 0.1) is 11.5 Å². The minimum Gasteiger partial charge on any atom is -0.378 e. The number of hydrogen-bond acceptors (Lipinski definition) is 2. The lowest BCUT2D eigenvalue weighted by atomic mass is 9.66. The Morgan fingerprint density at radius 1 is 0.926 bits per heavy atom. The standard InChI is InChI=1S/C24H30N2O/c1-18-22(19-12-14-20(15-13-19)25(2)3)26(21-10-6-4-7-11-21)23(27)24(18)16-8-5-9-17-24/h4,6-7,10-15,18,22H,5,8-9,16-17H2,1-3H3/t18-,22+/m0/s1. The Morgan fingerprint density at radius 3 is 2.15 bits per heavy atom. The summed E-state index contributed by atoms with van der Waals surface area (Å²) in [6.45, 7) is 2.30. The van der Waals surface area contributed by atoms with Gasteiger partial charge in [-0.05, 0) is 48.6 Å². The van der Waals surface area contributed by atoms with Crippen LogP contribution in [0.15, 0.2) is 54.6 Å². The zero-order valence-electron chi connectivity index (χ0n) is 16.7. The van der Waals surface area contributed by atoms with E-state index in [2.05, 4.69) is 67.2 Å². The van der Waals surface area contributed by atoms with Crippen LogP contribution in [0.5, 0.6) is 0 Å². The Labute approximate surface area is 163 Å². The van der Waals surface area contributed by atoms with E-state index in [-0.39, 0.29) is 11.5 Å². The number of rotatable bonds is 3. The molecule has 4 rings (SSSR count). The molecule has 0 radical (unpaired) electrons. The molecule has 2 fully saturated rings. The molecule has 2 aliphatic rings. The zero-order chi connectivity index (χ0) is 19.0. The molecule has 1 saturated carbocycles. The van der Waals surface area contributed by atoms with E-state index in [0.717, 1.165) is 18.5 Å². The summed E-state index contributed by atoms with van der Waals surface area (Å²) in [7, 11) is 4.12. The third-order valence-electron chi connectivity index (χ3n) is 6.80. The quantitative estimate of drug-likeness (QED) is 0.727. The molecule has 1 aliphatic carbocycles. The maximum Gasteiger partial charge on any atom is 0.234 e. The van der Waals surface area contributed by atoms with Gasteiger partial charge in [0.2, 0.25) is 5.91 Å². The fourth-order valence-corrected chi connectivity index (χ4v) is 5.21. The molecule has 0 unspecified atom stereocenters. The lowest BCUT2D eigenvalue weighted by Crippen LogP contribution is -2.38. The molecular weight excluding hydrogens is 332 g/mol. The van der Waals surface area contributed by atoms with Gasteiger partial charge < -0.3 is 9.80 Å². The number of amides is 1. The lowest BCUT2D eigenvalue weighted by Gasteiger charge is -2.35. The van der Waals surface area contributed by atoms with Crippen molar-refractivity contribution in [3.8, 4) is 0 Å². The second-order valence-corrected chi connectivity index (χ2v) is 8.45. The van der Waals surface area contributed by atoms with Crippen molar-refractivity contribution >= 4 is 17.3 Å². The SMILES string of the molecule is C[C@H]1[C@H](c2ccc(N(C)C)cc2)N(c2ccccc2)C(=O)C12CCCCC2. The molecule has 27 heavy (non-hydrogen) atoms. The lowest BCUT2D eigenvalue weighted by molar-refractivity contribution is -0.128. The van der Waals surface area contributed by atoms with E-state index >= 15 is 0 Å². The molecule has 2 aromatic rings. The highest BCUT2D eigenvalue weighted by Crippen LogP contribution is 2.57. The molecule has 0 bridgehead atoms. The predicted molar refractivity (Wildman–Crippen MR) is 112 cm³/mol. The van der Waals surface area contributed by atoms with Crippen LogP contribution in [0.2, 0.25) is 0 Å². The van der Waals surface area contributed by atoms with E-state index in [9.17, 15) is 4.79 Å². The maximum atomic E-state index is 13.8. The Bertz CT molecular complexity index is 791. The summed E-state index contributed by atoms with van der Waals surface area (Å²) in [5.41, 5.74) is 3.26. The summed E-state index contributed by atoms with van der Waals surface area (Å²) in [6, 6.07) is 19.1. The fraction of sp³-hybridized carbons (Fsp3) is 0.458. The predicted octanol–water partition coefficient (Wildman–Crippen LogP) is 5.43. The Morgan fingerprint density at radius 2 is 1.56 bits per heavy atom. The van der Waals surface area contributed by atoms with Crippen LogP contribution in [0.1, 0.15) is 50.6 Å². The number of carbonyl (C=O) groups excluding carboxylic acids is 1. The second kappa shape index (κ2) is 7.03. The van der Waals surface area contributed by atoms with Crippen LogP contribution in [0.4, 0.5) is 11.4 Å². The van der Waals surface area contributed by atoms with Gasteiger partial charge in [-0.15, -0.1) is 0 Å². The molecule has 3 nitrogen and oxygen atoms in total. The van der Waals surface area contributed by atoms with E-state index in [0.29, 0.717) is 11.8 Å². The molecule has 0 aromatic heterocycles. The first-order valence-corrected chi connectivity index (χ1v) is 10.2. The highest BCUT2D eigenvalue weighted by atomic mass is 16.2. The number of nitrogens with zero attached hydrogens (tertiary/aromatic N) is 2. The smallest absolute Gasteiger partial charge is 0.234 e. The first kappa shape index (κ1) is 18.1. The van der Waals surface area contributed by atoms with Gasteiger partial charge in [-0.1, -0.05) is 56.5 Å². The monoisotopic (exact) mass is 362 g/mol. The van der Waals surface area contributed by atoms with Gasteiger partial charge in [0.15, 0.2) is 0 Å². The molecule has 2 atom stereocenters. The number of carbonyl (C=O) groups is 1. The van der Waals surface area contributed by atoms with Gasteiger partial charge in [-0.3, -0.25) is 4.79 Å². The first-order valence-electron chi connectivity index (χ1n) is 10.2. The average Bonchev–Trinajstić information content (AvgIpc) is 2.91. The van der Waals surface area contributed by atoms with Crippen LogP contribution in [0.3, 0.4) is 0 Å². The van der Waals surface area contributed by atoms with Gasteiger partial charge in [-0.25, -0.2) is 0 Å². The van der Waals surface area contributed by atoms with Crippen LogP contribution >= 0.6 is 0 Å². The van der Waals surface area contributed by atoms with E-state index in [4.69, 9.17) is 0 Å². The number of para-hydroxylation sites is 1. The molecule has 0 N–H and O–H groups in total. The van der Waals surface area contributed by atoms with Crippen molar-refractivity contribution in [3.05, 3.63) is 60.2 Å². The number of benzene rings is 2. The van der Waals surface area contributed by atoms with Crippen molar-refractivity contribution in [2.45, 2.75) is 45.1 Å². The number of hydrogen-bond donors (Lipinski definition) is 0. The van der Waals surface area contributed by atoms with Crippen LogP contribution in [0, 0.1) is 11.3 Å². The first-order chi connectivity index (χ1) is 13.0. The van der Waals surface area contributed by atoms with Crippen molar-refractivity contribution in [1.82, 2.24) is 0 Å². The molecule has 1 saturated heterocycles. The Kier molecular flexibility index (Phi) is 4.71. The van der Waals surface area contributed by atoms with Crippen molar-refractivity contribution in [1.29, 1.82) is 0 Å². The minimum absolute atomic E-state index is 0.106. The largest absolute Gasteiger partial charge is 0.378 e. The topological polar surface area (TPSA) is 23.6 Å². The summed E-state index contributed by atoms with van der Waals surface area (Å²) in [6.07, 6.45) is 5.66. The molecule has 1 heterocycles. The summed E-state index contributed by atoms with van der Waals surface area (Å²) in [5, 5.41) is 0. The number of anilines is 2. The summed E-state index contributed by atoms with van der Waals surface area (Å²) in [4.78, 5) is 18.0. The fourth-order valence-electron chi connectivity index (χ4n) is 5.21. The van der Waals surface area contributed by atoms with Crippen LogP contribution < -0.4 is 9.80 Å². The normalized spacial score (nSPS) is 24.4. The van der Waals surface area contributed by atoms with Crippen molar-refractivity contribution in [3.63, 3.8) is 0 Å². The third-order valence-corrected chi connectivity index (χ3v) is 6.80. The highest BCUT2D eigenvalue weighted by Gasteiger charge is 2.57. The van der Waals surface area contributed by atoms with E-state index in [1.807, 2.05) is 18.2 Å². The van der Waals surface area contributed by atoms with Gasteiger partial charge >= 0.3 is 0 Å². The van der Waals surface area contributed by atoms with Crippen LogP contribution in [-0.2, 0) is 4.79 Å². The van der Waals surface area contributed by atoms with Crippen LogP contribution in [0.25, 0.3) is 0 Å². The molecule has 1 amide bonds. The Hall–Kier alpha value is -2.29. The average molecular weight is 363 g/mol. The van der Waals surface area contributed by atoms with Gasteiger partial charge in [0, 0.05) is 25.5 Å². The van der Waals surface area contributed by atoms with Crippen molar-refractivity contribution in [2.75, 3.05) is 23.9 Å². The summed E-state index contributed by atoms with van der Waals surface area (Å²) in [5.74, 6) is 0.651. The summed E-state index contributed by atoms with van der Waals surface area (Å²) < 4.78 is 0. The third kappa shape index (κ3) is 2.93. The molecule has 1 aliphatic heterocycles. The second-order valence-electron chi connectivity index (χ2n) is 8.45. The highest BCUT2D eigenvalue weighted by molar-refractivity contribution is 6.01. The summed E-state index contributed by atoms with van der Waals surface area (Å²) >= 11 is 0. The zero-order valence-corrected chi connectivity index (χ0v) is 16.7. The van der Waals surface area contributed by atoms with E-state index in [1.165, 1.54) is 30.5 Å². The minimum atomic E-state index is -0.195. The van der Waals surface area contributed by atoms with Crippen molar-refractivity contribution < 1.29 is 4.79 Å². The van der Waals surface area contributed by atoms with Crippen LogP contribution in [-0.4, -0.2) is 20.0 Å². The van der Waals surface area contributed by atoms with Gasteiger partial charge in [0.1, 0.15) is 0 Å². The molecular formula is C24H30N2O. The van der Waals surface area contributed by atoms with Gasteiger partial charge in [0.25, 0.3) is 0 Å². The molecule has 142 valence electrons. The van der Waals surface area contributed by atoms with Gasteiger partial charge in [-0.2, -0.15) is 0 Å². The molecule has 3 heteroatoms.